The molecule has 0 atom stereocenters. The van der Waals surface area contributed by atoms with Crippen molar-refractivity contribution >= 4 is 11.6 Å². The minimum atomic E-state index is 0.302. The predicted molar refractivity (Wildman–Crippen MR) is 68.0 cm³/mol. The molecule has 1 aromatic rings. The monoisotopic (exact) mass is 238 g/mol. The van der Waals surface area contributed by atoms with E-state index in [-0.39, 0.29) is 0 Å². The summed E-state index contributed by atoms with van der Waals surface area (Å²) in [6, 6.07) is 7.55. The summed E-state index contributed by atoms with van der Waals surface area (Å²) < 4.78 is 0. The molecule has 0 aromatic heterocycles. The van der Waals surface area contributed by atoms with E-state index in [2.05, 4.69) is 0 Å². The predicted octanol–water partition coefficient (Wildman–Crippen LogP) is 4.12. The first kappa shape index (κ1) is 11.8. The molecule has 0 aliphatic heterocycles. The number of aromatic hydroxyl groups is 1. The normalized spacial score (nSPS) is 19.6. The van der Waals surface area contributed by atoms with E-state index in [1.165, 1.54) is 37.7 Å². The van der Waals surface area contributed by atoms with Crippen molar-refractivity contribution in [2.75, 3.05) is 5.88 Å². The molecule has 88 valence electrons. The van der Waals surface area contributed by atoms with E-state index in [0.717, 1.165) is 12.3 Å². The zero-order chi connectivity index (χ0) is 11.4. The van der Waals surface area contributed by atoms with Gasteiger partial charge in [0.05, 0.1) is 0 Å². The fraction of sp³-hybridized carbons (Fsp3) is 0.571. The van der Waals surface area contributed by atoms with Crippen LogP contribution in [0.3, 0.4) is 0 Å². The Balaban J connectivity index is 2.08. The van der Waals surface area contributed by atoms with Gasteiger partial charge in [-0.3, -0.25) is 0 Å². The van der Waals surface area contributed by atoms with Gasteiger partial charge < -0.3 is 5.11 Å². The lowest BCUT2D eigenvalue weighted by Gasteiger charge is -2.35. The fourth-order valence-corrected chi connectivity index (χ4v) is 3.07. The third kappa shape index (κ3) is 2.70. The van der Waals surface area contributed by atoms with E-state index in [0.29, 0.717) is 11.2 Å². The van der Waals surface area contributed by atoms with Crippen LogP contribution in [0.25, 0.3) is 0 Å². The third-order valence-corrected chi connectivity index (χ3v) is 4.28. The highest BCUT2D eigenvalue weighted by molar-refractivity contribution is 6.18. The van der Waals surface area contributed by atoms with Crippen LogP contribution in [0.5, 0.6) is 5.75 Å². The Morgan fingerprint density at radius 3 is 2.25 bits per heavy atom. The number of phenolic OH excluding ortho intramolecular Hbond substituents is 1. The van der Waals surface area contributed by atoms with Crippen molar-refractivity contribution in [3.05, 3.63) is 29.8 Å². The summed E-state index contributed by atoms with van der Waals surface area (Å²) in [6.07, 6.45) is 7.52. The van der Waals surface area contributed by atoms with Crippen LogP contribution in [-0.2, 0) is 6.42 Å². The number of halogens is 1. The van der Waals surface area contributed by atoms with E-state index in [9.17, 15) is 5.11 Å². The van der Waals surface area contributed by atoms with Gasteiger partial charge in [0.1, 0.15) is 5.75 Å². The first-order valence-electron chi connectivity index (χ1n) is 6.08. The molecular weight excluding hydrogens is 220 g/mol. The average molecular weight is 239 g/mol. The van der Waals surface area contributed by atoms with Crippen LogP contribution in [0.4, 0.5) is 0 Å². The molecule has 1 saturated carbocycles. The molecular formula is C14H19ClO. The topological polar surface area (TPSA) is 20.2 Å². The van der Waals surface area contributed by atoms with E-state index in [1.54, 1.807) is 12.1 Å². The second-order valence-corrected chi connectivity index (χ2v) is 5.30. The second-order valence-electron chi connectivity index (χ2n) is 5.04. The maximum absolute atomic E-state index is 9.26. The number of phenols is 1. The van der Waals surface area contributed by atoms with Gasteiger partial charge in [-0.2, -0.15) is 0 Å². The first-order valence-corrected chi connectivity index (χ1v) is 6.61. The lowest BCUT2D eigenvalue weighted by atomic mass is 9.72. The van der Waals surface area contributed by atoms with Crippen molar-refractivity contribution in [2.24, 2.45) is 5.41 Å². The second kappa shape index (κ2) is 5.09. The molecule has 0 heterocycles. The summed E-state index contributed by atoms with van der Waals surface area (Å²) in [5.74, 6) is 1.10. The van der Waals surface area contributed by atoms with Crippen LogP contribution in [0.15, 0.2) is 24.3 Å². The fourth-order valence-electron chi connectivity index (χ4n) is 2.71. The Kier molecular flexibility index (Phi) is 3.75. The molecule has 0 unspecified atom stereocenters. The van der Waals surface area contributed by atoms with Gasteiger partial charge in [-0.25, -0.2) is 0 Å². The van der Waals surface area contributed by atoms with Crippen LogP contribution in [-0.4, -0.2) is 11.0 Å². The zero-order valence-corrected chi connectivity index (χ0v) is 10.3. The molecule has 0 saturated heterocycles. The minimum absolute atomic E-state index is 0.302. The molecule has 16 heavy (non-hydrogen) atoms. The van der Waals surface area contributed by atoms with Gasteiger partial charge in [0.15, 0.2) is 0 Å². The van der Waals surface area contributed by atoms with Crippen molar-refractivity contribution in [2.45, 2.75) is 38.5 Å². The lowest BCUT2D eigenvalue weighted by Crippen LogP contribution is -2.28. The van der Waals surface area contributed by atoms with Gasteiger partial charge in [0.25, 0.3) is 0 Å². The maximum Gasteiger partial charge on any atom is 0.115 e. The van der Waals surface area contributed by atoms with Crippen molar-refractivity contribution in [1.29, 1.82) is 0 Å². The highest BCUT2D eigenvalue weighted by atomic mass is 35.5. The van der Waals surface area contributed by atoms with Gasteiger partial charge in [-0.15, -0.1) is 11.6 Å². The Bertz CT molecular complexity index is 325. The number of hydrogen-bond donors (Lipinski definition) is 1. The Morgan fingerprint density at radius 2 is 1.69 bits per heavy atom. The quantitative estimate of drug-likeness (QED) is 0.786. The van der Waals surface area contributed by atoms with Gasteiger partial charge in [0, 0.05) is 5.88 Å². The SMILES string of the molecule is Oc1ccc(CC2(CCl)CCCCC2)cc1. The summed E-state index contributed by atoms with van der Waals surface area (Å²) in [6.45, 7) is 0. The minimum Gasteiger partial charge on any atom is -0.508 e. The lowest BCUT2D eigenvalue weighted by molar-refractivity contribution is 0.219. The van der Waals surface area contributed by atoms with Gasteiger partial charge in [0.2, 0.25) is 0 Å². The standard InChI is InChI=1S/C14H19ClO/c15-11-14(8-2-1-3-9-14)10-12-4-6-13(16)7-5-12/h4-7,16H,1-3,8-11H2. The molecule has 1 nitrogen and oxygen atoms in total. The molecule has 0 amide bonds. The van der Waals surface area contributed by atoms with Crippen LogP contribution in [0, 0.1) is 5.41 Å². The molecule has 0 bridgehead atoms. The molecule has 1 aliphatic carbocycles. The van der Waals surface area contributed by atoms with Crippen LogP contribution in [0.1, 0.15) is 37.7 Å². The third-order valence-electron chi connectivity index (χ3n) is 3.71. The summed E-state index contributed by atoms with van der Waals surface area (Å²) >= 11 is 6.17. The van der Waals surface area contributed by atoms with E-state index in [1.807, 2.05) is 12.1 Å². The van der Waals surface area contributed by atoms with Crippen molar-refractivity contribution in [3.8, 4) is 5.75 Å². The largest absolute Gasteiger partial charge is 0.508 e. The smallest absolute Gasteiger partial charge is 0.115 e. The zero-order valence-electron chi connectivity index (χ0n) is 9.58. The number of benzene rings is 1. The Labute approximate surface area is 102 Å². The number of rotatable bonds is 3. The van der Waals surface area contributed by atoms with Gasteiger partial charge in [-0.1, -0.05) is 31.4 Å². The Hall–Kier alpha value is -0.690. The van der Waals surface area contributed by atoms with Gasteiger partial charge >= 0.3 is 0 Å². The first-order chi connectivity index (χ1) is 7.74. The highest BCUT2D eigenvalue weighted by Gasteiger charge is 2.31. The molecule has 2 rings (SSSR count). The van der Waals surface area contributed by atoms with Crippen LogP contribution < -0.4 is 0 Å². The molecule has 0 radical (unpaired) electrons. The molecule has 1 fully saturated rings. The Morgan fingerprint density at radius 1 is 1.06 bits per heavy atom. The van der Waals surface area contributed by atoms with E-state index in [4.69, 9.17) is 11.6 Å². The van der Waals surface area contributed by atoms with Crippen molar-refractivity contribution in [1.82, 2.24) is 0 Å². The van der Waals surface area contributed by atoms with Crippen LogP contribution >= 0.6 is 11.6 Å². The molecule has 0 spiro atoms. The average Bonchev–Trinajstić information content (AvgIpc) is 2.33. The van der Waals surface area contributed by atoms with E-state index >= 15 is 0 Å². The van der Waals surface area contributed by atoms with E-state index < -0.39 is 0 Å². The van der Waals surface area contributed by atoms with Crippen molar-refractivity contribution in [3.63, 3.8) is 0 Å². The molecule has 1 aliphatic rings. The summed E-state index contributed by atoms with van der Waals surface area (Å²) in [4.78, 5) is 0. The molecule has 1 aromatic carbocycles. The van der Waals surface area contributed by atoms with Crippen LogP contribution in [0.2, 0.25) is 0 Å². The van der Waals surface area contributed by atoms with Crippen molar-refractivity contribution < 1.29 is 5.11 Å². The highest BCUT2D eigenvalue weighted by Crippen LogP contribution is 2.40. The molecule has 2 heteroatoms. The summed E-state index contributed by atoms with van der Waals surface area (Å²) in [7, 11) is 0. The number of hydrogen-bond acceptors (Lipinski definition) is 1. The number of alkyl halides is 1. The molecule has 1 N–H and O–H groups in total. The summed E-state index contributed by atoms with van der Waals surface area (Å²) in [5.41, 5.74) is 1.59. The summed E-state index contributed by atoms with van der Waals surface area (Å²) in [5, 5.41) is 9.26. The van der Waals surface area contributed by atoms with Gasteiger partial charge in [-0.05, 0) is 42.4 Å². The maximum atomic E-state index is 9.26.